The lowest BCUT2D eigenvalue weighted by atomic mass is 9.94. The quantitative estimate of drug-likeness (QED) is 0.651. The van der Waals surface area contributed by atoms with Crippen LogP contribution in [-0.4, -0.2) is 73.0 Å². The van der Waals surface area contributed by atoms with Gasteiger partial charge in [0.25, 0.3) is 0 Å². The smallest absolute Gasteiger partial charge is 0.240 e. The normalized spacial score (nSPS) is 26.4. The van der Waals surface area contributed by atoms with Gasteiger partial charge in [-0.25, -0.2) is 0 Å². The Labute approximate surface area is 188 Å². The van der Waals surface area contributed by atoms with Crippen molar-refractivity contribution in [2.24, 2.45) is 11.8 Å². The molecule has 3 rings (SSSR count). The summed E-state index contributed by atoms with van der Waals surface area (Å²) in [5.74, 6) is 1.15. The number of hydrogen-bond acceptors (Lipinski definition) is 4. The minimum Gasteiger partial charge on any atom is -0.354 e. The van der Waals surface area contributed by atoms with Crippen LogP contribution in [0.2, 0.25) is 0 Å². The molecule has 0 aliphatic carbocycles. The third-order valence-corrected chi connectivity index (χ3v) is 6.44. The molecule has 3 saturated heterocycles. The highest BCUT2D eigenvalue weighted by Gasteiger charge is 2.35. The maximum atomic E-state index is 13.3. The van der Waals surface area contributed by atoms with Gasteiger partial charge in [0.15, 0.2) is 0 Å². The number of hydrogen-bond donors (Lipinski definition) is 2. The van der Waals surface area contributed by atoms with Crippen LogP contribution in [0, 0.1) is 11.8 Å². The molecule has 0 bridgehead atoms. The first-order chi connectivity index (χ1) is 13.1. The van der Waals surface area contributed by atoms with E-state index in [1.807, 2.05) is 0 Å². The number of nitrogens with zero attached hydrogens (tertiary/aromatic N) is 2. The van der Waals surface area contributed by atoms with Crippen molar-refractivity contribution < 1.29 is 9.59 Å². The second-order valence-corrected chi connectivity index (χ2v) is 8.97. The molecule has 3 heterocycles. The molecular formula is C21H40Cl2N4O2. The highest BCUT2D eigenvalue weighted by molar-refractivity contribution is 5.85. The molecule has 170 valence electrons. The van der Waals surface area contributed by atoms with Crippen LogP contribution < -0.4 is 10.6 Å². The monoisotopic (exact) mass is 450 g/mol. The molecule has 3 unspecified atom stereocenters. The predicted octanol–water partition coefficient (Wildman–Crippen LogP) is 2.45. The van der Waals surface area contributed by atoms with Crippen molar-refractivity contribution in [2.45, 2.75) is 70.9 Å². The van der Waals surface area contributed by atoms with Crippen LogP contribution in [0.4, 0.5) is 0 Å². The van der Waals surface area contributed by atoms with Crippen LogP contribution in [0.15, 0.2) is 0 Å². The van der Waals surface area contributed by atoms with Crippen molar-refractivity contribution in [1.29, 1.82) is 0 Å². The van der Waals surface area contributed by atoms with E-state index in [1.165, 1.54) is 19.3 Å². The molecule has 2 N–H and O–H groups in total. The molecule has 0 aromatic carbocycles. The number of halogens is 2. The number of rotatable bonds is 6. The molecule has 3 aliphatic heterocycles. The SMILES string of the molecule is CC(C)C(C(=O)N1CCCC(CNC(=O)C2CCCN2)C1)N1CCCCC1.Cl.Cl. The summed E-state index contributed by atoms with van der Waals surface area (Å²) in [6, 6.07) is -0.00271. The molecule has 0 radical (unpaired) electrons. The number of likely N-dealkylation sites (tertiary alicyclic amines) is 2. The highest BCUT2D eigenvalue weighted by atomic mass is 35.5. The molecule has 0 saturated carbocycles. The first kappa shape index (κ1) is 26.5. The van der Waals surface area contributed by atoms with Gasteiger partial charge in [0, 0.05) is 19.6 Å². The van der Waals surface area contributed by atoms with Crippen molar-refractivity contribution in [3.05, 3.63) is 0 Å². The Bertz CT molecular complexity index is 509. The summed E-state index contributed by atoms with van der Waals surface area (Å²) in [6.07, 6.45) is 7.86. The number of nitrogens with one attached hydrogen (secondary N) is 2. The van der Waals surface area contributed by atoms with E-state index in [0.29, 0.717) is 24.3 Å². The fourth-order valence-electron chi connectivity index (χ4n) is 4.95. The second kappa shape index (κ2) is 13.0. The Morgan fingerprint density at radius 2 is 1.72 bits per heavy atom. The Morgan fingerprint density at radius 3 is 2.34 bits per heavy atom. The summed E-state index contributed by atoms with van der Waals surface area (Å²) in [7, 11) is 0. The summed E-state index contributed by atoms with van der Waals surface area (Å²) in [5, 5.41) is 6.37. The maximum Gasteiger partial charge on any atom is 0.240 e. The standard InChI is InChI=1S/C21H38N4O2.2ClH/c1-16(2)19(24-11-4-3-5-12-24)21(27)25-13-7-8-17(15-25)14-23-20(26)18-9-6-10-22-18;;/h16-19,22H,3-15H2,1-2H3,(H,23,26);2*1H. The van der Waals surface area contributed by atoms with Gasteiger partial charge >= 0.3 is 0 Å². The second-order valence-electron chi connectivity index (χ2n) is 8.97. The van der Waals surface area contributed by atoms with E-state index >= 15 is 0 Å². The zero-order valence-electron chi connectivity index (χ0n) is 18.0. The van der Waals surface area contributed by atoms with Crippen molar-refractivity contribution >= 4 is 36.6 Å². The van der Waals surface area contributed by atoms with Crippen molar-refractivity contribution in [1.82, 2.24) is 20.4 Å². The first-order valence-electron chi connectivity index (χ1n) is 11.1. The number of carbonyl (C=O) groups is 2. The lowest BCUT2D eigenvalue weighted by molar-refractivity contribution is -0.141. The molecule has 3 atom stereocenters. The van der Waals surface area contributed by atoms with Crippen LogP contribution in [0.1, 0.15) is 58.8 Å². The number of piperidine rings is 2. The summed E-state index contributed by atoms with van der Waals surface area (Å²) < 4.78 is 0. The molecule has 0 aromatic heterocycles. The predicted molar refractivity (Wildman–Crippen MR) is 122 cm³/mol. The first-order valence-corrected chi connectivity index (χ1v) is 11.1. The fraction of sp³-hybridized carbons (Fsp3) is 0.905. The van der Waals surface area contributed by atoms with E-state index < -0.39 is 0 Å². The van der Waals surface area contributed by atoms with Gasteiger partial charge in [0.05, 0.1) is 12.1 Å². The topological polar surface area (TPSA) is 64.7 Å². The molecule has 0 aromatic rings. The Morgan fingerprint density at radius 1 is 1.00 bits per heavy atom. The van der Waals surface area contributed by atoms with Gasteiger partial charge in [0.1, 0.15) is 0 Å². The molecule has 3 aliphatic rings. The molecular weight excluding hydrogens is 411 g/mol. The average molecular weight is 451 g/mol. The Kier molecular flexibility index (Phi) is 11.9. The third kappa shape index (κ3) is 7.27. The van der Waals surface area contributed by atoms with Gasteiger partial charge in [0.2, 0.25) is 11.8 Å². The molecule has 3 fully saturated rings. The van der Waals surface area contributed by atoms with Gasteiger partial charge in [-0.3, -0.25) is 14.5 Å². The van der Waals surface area contributed by atoms with E-state index in [0.717, 1.165) is 58.4 Å². The fourth-order valence-corrected chi connectivity index (χ4v) is 4.95. The van der Waals surface area contributed by atoms with Crippen LogP contribution in [-0.2, 0) is 9.59 Å². The van der Waals surface area contributed by atoms with Gasteiger partial charge in [-0.05, 0) is 70.0 Å². The summed E-state index contributed by atoms with van der Waals surface area (Å²) >= 11 is 0. The van der Waals surface area contributed by atoms with Crippen molar-refractivity contribution in [3.8, 4) is 0 Å². The summed E-state index contributed by atoms with van der Waals surface area (Å²) in [5.41, 5.74) is 0. The molecule has 6 nitrogen and oxygen atoms in total. The number of carbonyl (C=O) groups excluding carboxylic acids is 2. The molecule has 0 spiro atoms. The van der Waals surface area contributed by atoms with Crippen molar-refractivity contribution in [2.75, 3.05) is 39.3 Å². The lowest BCUT2D eigenvalue weighted by Crippen LogP contribution is -2.55. The van der Waals surface area contributed by atoms with Crippen LogP contribution >= 0.6 is 24.8 Å². The Hall–Kier alpha value is -0.560. The number of amides is 2. The van der Waals surface area contributed by atoms with E-state index in [2.05, 4.69) is 34.3 Å². The zero-order valence-corrected chi connectivity index (χ0v) is 19.7. The van der Waals surface area contributed by atoms with Gasteiger partial charge in [-0.1, -0.05) is 20.3 Å². The van der Waals surface area contributed by atoms with Crippen LogP contribution in [0.5, 0.6) is 0 Å². The lowest BCUT2D eigenvalue weighted by Gasteiger charge is -2.41. The van der Waals surface area contributed by atoms with Crippen LogP contribution in [0.25, 0.3) is 0 Å². The Balaban J connectivity index is 0.00000210. The van der Waals surface area contributed by atoms with Crippen LogP contribution in [0.3, 0.4) is 0 Å². The van der Waals surface area contributed by atoms with E-state index in [-0.39, 0.29) is 42.8 Å². The van der Waals surface area contributed by atoms with Gasteiger partial charge in [-0.2, -0.15) is 0 Å². The zero-order chi connectivity index (χ0) is 19.2. The largest absolute Gasteiger partial charge is 0.354 e. The summed E-state index contributed by atoms with van der Waals surface area (Å²) in [4.78, 5) is 30.1. The van der Waals surface area contributed by atoms with E-state index in [1.54, 1.807) is 0 Å². The minimum atomic E-state index is -0.0178. The van der Waals surface area contributed by atoms with E-state index in [4.69, 9.17) is 0 Å². The average Bonchev–Trinajstić information content (AvgIpc) is 3.22. The maximum absolute atomic E-state index is 13.3. The highest BCUT2D eigenvalue weighted by Crippen LogP contribution is 2.23. The molecule has 8 heteroatoms. The van der Waals surface area contributed by atoms with Gasteiger partial charge < -0.3 is 15.5 Å². The summed E-state index contributed by atoms with van der Waals surface area (Å²) in [6.45, 7) is 9.74. The van der Waals surface area contributed by atoms with Gasteiger partial charge in [-0.15, -0.1) is 24.8 Å². The minimum absolute atomic E-state index is 0. The van der Waals surface area contributed by atoms with E-state index in [9.17, 15) is 9.59 Å². The van der Waals surface area contributed by atoms with Crippen molar-refractivity contribution in [3.63, 3.8) is 0 Å². The molecule has 29 heavy (non-hydrogen) atoms. The third-order valence-electron chi connectivity index (χ3n) is 6.44. The molecule has 2 amide bonds.